The quantitative estimate of drug-likeness (QED) is 0.933. The molecule has 110 valence electrons. The third-order valence-electron chi connectivity index (χ3n) is 4.30. The van der Waals surface area contributed by atoms with Crippen LogP contribution in [0.3, 0.4) is 0 Å². The van der Waals surface area contributed by atoms with Gasteiger partial charge in [-0.05, 0) is 23.3 Å². The topological polar surface area (TPSA) is 23.5 Å². The summed E-state index contributed by atoms with van der Waals surface area (Å²) in [6.45, 7) is 2.86. The standard InChI is InChI=1S/C18H20FNO/c19-17-8-6-15(7-9-17)18-12-20(11-16(18)13-21)10-14-4-2-1-3-5-14/h1-9,16,18,21H,10-13H2/t16-,18+/m0/s1. The summed E-state index contributed by atoms with van der Waals surface area (Å²) in [6.07, 6.45) is 0. The lowest BCUT2D eigenvalue weighted by atomic mass is 9.89. The van der Waals surface area contributed by atoms with Crippen molar-refractivity contribution in [1.29, 1.82) is 0 Å². The van der Waals surface area contributed by atoms with E-state index in [2.05, 4.69) is 17.0 Å². The van der Waals surface area contributed by atoms with Gasteiger partial charge in [0.25, 0.3) is 0 Å². The van der Waals surface area contributed by atoms with Gasteiger partial charge < -0.3 is 5.11 Å². The molecule has 21 heavy (non-hydrogen) atoms. The Balaban J connectivity index is 1.72. The van der Waals surface area contributed by atoms with E-state index in [4.69, 9.17) is 0 Å². The van der Waals surface area contributed by atoms with Crippen molar-refractivity contribution in [2.75, 3.05) is 19.7 Å². The second-order valence-corrected chi connectivity index (χ2v) is 5.78. The minimum Gasteiger partial charge on any atom is -0.396 e. The van der Waals surface area contributed by atoms with Crippen LogP contribution in [0.2, 0.25) is 0 Å². The van der Waals surface area contributed by atoms with Gasteiger partial charge in [-0.25, -0.2) is 4.39 Å². The highest BCUT2D eigenvalue weighted by Crippen LogP contribution is 2.33. The molecule has 0 unspecified atom stereocenters. The molecule has 1 aliphatic heterocycles. The average Bonchev–Trinajstić information content (AvgIpc) is 2.92. The van der Waals surface area contributed by atoms with Crippen molar-refractivity contribution < 1.29 is 9.50 Å². The van der Waals surface area contributed by atoms with Gasteiger partial charge >= 0.3 is 0 Å². The normalized spacial score (nSPS) is 22.6. The van der Waals surface area contributed by atoms with E-state index in [9.17, 15) is 9.50 Å². The maximum Gasteiger partial charge on any atom is 0.123 e. The predicted molar refractivity (Wildman–Crippen MR) is 81.4 cm³/mol. The Hall–Kier alpha value is -1.71. The first-order valence-electron chi connectivity index (χ1n) is 7.39. The van der Waals surface area contributed by atoms with Crippen LogP contribution >= 0.6 is 0 Å². The molecule has 1 saturated heterocycles. The molecule has 3 rings (SSSR count). The van der Waals surface area contributed by atoms with E-state index in [-0.39, 0.29) is 24.3 Å². The molecular weight excluding hydrogens is 265 g/mol. The van der Waals surface area contributed by atoms with Crippen molar-refractivity contribution in [3.05, 3.63) is 71.5 Å². The highest BCUT2D eigenvalue weighted by molar-refractivity contribution is 5.24. The fourth-order valence-electron chi connectivity index (χ4n) is 3.20. The van der Waals surface area contributed by atoms with Crippen molar-refractivity contribution in [2.45, 2.75) is 12.5 Å². The Labute approximate surface area is 124 Å². The van der Waals surface area contributed by atoms with Crippen molar-refractivity contribution in [3.63, 3.8) is 0 Å². The average molecular weight is 285 g/mol. The number of aliphatic hydroxyl groups excluding tert-OH is 1. The van der Waals surface area contributed by atoms with Crippen LogP contribution in [-0.4, -0.2) is 29.7 Å². The summed E-state index contributed by atoms with van der Waals surface area (Å²) in [5, 5.41) is 9.64. The first-order chi connectivity index (χ1) is 10.3. The van der Waals surface area contributed by atoms with E-state index in [1.807, 2.05) is 30.3 Å². The van der Waals surface area contributed by atoms with Crippen molar-refractivity contribution in [3.8, 4) is 0 Å². The molecule has 2 atom stereocenters. The molecule has 2 aromatic rings. The second kappa shape index (κ2) is 6.37. The van der Waals surface area contributed by atoms with Gasteiger partial charge in [-0.2, -0.15) is 0 Å². The summed E-state index contributed by atoms with van der Waals surface area (Å²) < 4.78 is 13.1. The molecule has 2 nitrogen and oxygen atoms in total. The number of benzene rings is 2. The Bertz CT molecular complexity index is 570. The predicted octanol–water partition coefficient (Wildman–Crippen LogP) is 3.03. The molecule has 1 aliphatic rings. The third-order valence-corrected chi connectivity index (χ3v) is 4.30. The van der Waals surface area contributed by atoms with Crippen LogP contribution < -0.4 is 0 Å². The number of halogens is 1. The summed E-state index contributed by atoms with van der Waals surface area (Å²) in [5.74, 6) is 0.289. The molecular formula is C18H20FNO. The molecule has 0 spiro atoms. The van der Waals surface area contributed by atoms with E-state index < -0.39 is 0 Å². The SMILES string of the molecule is OC[C@@H]1CN(Cc2ccccc2)C[C@@H]1c1ccc(F)cc1. The van der Waals surface area contributed by atoms with Gasteiger partial charge in [-0.3, -0.25) is 4.90 Å². The van der Waals surface area contributed by atoms with Crippen LogP contribution in [0.1, 0.15) is 17.0 Å². The van der Waals surface area contributed by atoms with Gasteiger partial charge in [0.1, 0.15) is 5.82 Å². The molecule has 0 saturated carbocycles. The molecule has 1 fully saturated rings. The molecule has 0 amide bonds. The summed E-state index contributed by atoms with van der Waals surface area (Å²) in [4.78, 5) is 2.37. The van der Waals surface area contributed by atoms with Crippen molar-refractivity contribution in [2.24, 2.45) is 5.92 Å². The fraction of sp³-hybridized carbons (Fsp3) is 0.333. The Morgan fingerprint density at radius 3 is 2.38 bits per heavy atom. The lowest BCUT2D eigenvalue weighted by Gasteiger charge is -2.16. The fourth-order valence-corrected chi connectivity index (χ4v) is 3.20. The van der Waals surface area contributed by atoms with Crippen molar-refractivity contribution >= 4 is 0 Å². The lowest BCUT2D eigenvalue weighted by molar-refractivity contribution is 0.214. The summed E-state index contributed by atoms with van der Waals surface area (Å²) >= 11 is 0. The summed E-state index contributed by atoms with van der Waals surface area (Å²) in [7, 11) is 0. The van der Waals surface area contributed by atoms with Gasteiger partial charge in [-0.1, -0.05) is 42.5 Å². The molecule has 3 heteroatoms. The highest BCUT2D eigenvalue weighted by atomic mass is 19.1. The summed E-state index contributed by atoms with van der Waals surface area (Å²) in [5.41, 5.74) is 2.40. The van der Waals surface area contributed by atoms with E-state index in [0.29, 0.717) is 0 Å². The van der Waals surface area contributed by atoms with Crippen LogP contribution in [0.5, 0.6) is 0 Å². The van der Waals surface area contributed by atoms with Crippen molar-refractivity contribution in [1.82, 2.24) is 4.90 Å². The van der Waals surface area contributed by atoms with E-state index >= 15 is 0 Å². The third kappa shape index (κ3) is 3.31. The zero-order valence-electron chi connectivity index (χ0n) is 12.0. The van der Waals surface area contributed by atoms with E-state index in [1.54, 1.807) is 0 Å². The molecule has 0 aliphatic carbocycles. The number of hydrogen-bond acceptors (Lipinski definition) is 2. The Kier molecular flexibility index (Phi) is 4.32. The molecule has 0 radical (unpaired) electrons. The monoisotopic (exact) mass is 285 g/mol. The van der Waals surface area contributed by atoms with Gasteiger partial charge in [-0.15, -0.1) is 0 Å². The maximum atomic E-state index is 13.1. The van der Waals surface area contributed by atoms with Crippen LogP contribution in [0.25, 0.3) is 0 Å². The number of rotatable bonds is 4. The Morgan fingerprint density at radius 2 is 1.71 bits per heavy atom. The van der Waals surface area contributed by atoms with Crippen LogP contribution in [-0.2, 0) is 6.54 Å². The lowest BCUT2D eigenvalue weighted by Crippen LogP contribution is -2.20. The highest BCUT2D eigenvalue weighted by Gasteiger charge is 2.33. The van der Waals surface area contributed by atoms with Gasteiger partial charge in [0, 0.05) is 38.1 Å². The zero-order valence-corrected chi connectivity index (χ0v) is 12.0. The van der Waals surface area contributed by atoms with Crippen LogP contribution in [0.15, 0.2) is 54.6 Å². The smallest absolute Gasteiger partial charge is 0.123 e. The molecule has 2 aromatic carbocycles. The summed E-state index contributed by atoms with van der Waals surface area (Å²) in [6, 6.07) is 17.1. The second-order valence-electron chi connectivity index (χ2n) is 5.78. The van der Waals surface area contributed by atoms with Gasteiger partial charge in [0.15, 0.2) is 0 Å². The molecule has 0 aromatic heterocycles. The number of nitrogens with zero attached hydrogens (tertiary/aromatic N) is 1. The van der Waals surface area contributed by atoms with Gasteiger partial charge in [0.05, 0.1) is 0 Å². The Morgan fingerprint density at radius 1 is 1.00 bits per heavy atom. The van der Waals surface area contributed by atoms with Gasteiger partial charge in [0.2, 0.25) is 0 Å². The first-order valence-corrected chi connectivity index (χ1v) is 7.39. The minimum absolute atomic E-state index is 0.174. The van der Waals surface area contributed by atoms with E-state index in [1.165, 1.54) is 17.7 Å². The number of aliphatic hydroxyl groups is 1. The van der Waals surface area contributed by atoms with E-state index in [0.717, 1.165) is 25.2 Å². The molecule has 1 N–H and O–H groups in total. The number of likely N-dealkylation sites (tertiary alicyclic amines) is 1. The molecule has 0 bridgehead atoms. The largest absolute Gasteiger partial charge is 0.396 e. The zero-order chi connectivity index (χ0) is 14.7. The maximum absolute atomic E-state index is 13.1. The van der Waals surface area contributed by atoms with Crippen LogP contribution in [0.4, 0.5) is 4.39 Å². The first kappa shape index (κ1) is 14.2. The number of hydrogen-bond donors (Lipinski definition) is 1. The minimum atomic E-state index is -0.210. The molecule has 1 heterocycles. The van der Waals surface area contributed by atoms with Crippen LogP contribution in [0, 0.1) is 11.7 Å².